The second-order valence-electron chi connectivity index (χ2n) is 4.01. The Hall–Kier alpha value is -1.95. The van der Waals surface area contributed by atoms with Gasteiger partial charge < -0.3 is 10.4 Å². The molecule has 1 aromatic carbocycles. The molecule has 0 spiro atoms. The lowest BCUT2D eigenvalue weighted by atomic mass is 10.1. The molecule has 0 bridgehead atoms. The second kappa shape index (κ2) is 5.95. The third-order valence-electron chi connectivity index (χ3n) is 2.62. The normalized spacial score (nSPS) is 11.6. The molecule has 0 saturated heterocycles. The van der Waals surface area contributed by atoms with E-state index in [0.29, 0.717) is 12.1 Å². The highest BCUT2D eigenvalue weighted by Gasteiger charge is 2.12. The number of terminal acetylenes is 1. The lowest BCUT2D eigenvalue weighted by Crippen LogP contribution is -2.19. The highest BCUT2D eigenvalue weighted by Crippen LogP contribution is 2.20. The minimum atomic E-state index is -0.928. The molecule has 0 fully saturated rings. The Bertz CT molecular complexity index is 446. The molecule has 0 aliphatic rings. The molecular formula is C14H17NO2. The summed E-state index contributed by atoms with van der Waals surface area (Å²) in [6.07, 6.45) is 6.73. The van der Waals surface area contributed by atoms with E-state index in [1.165, 1.54) is 0 Å². The quantitative estimate of drug-likeness (QED) is 0.766. The molecule has 2 N–H and O–H groups in total. The molecule has 3 nitrogen and oxygen atoms in total. The summed E-state index contributed by atoms with van der Waals surface area (Å²) in [6.45, 7) is 3.95. The van der Waals surface area contributed by atoms with Crippen LogP contribution in [0.5, 0.6) is 0 Å². The van der Waals surface area contributed by atoms with E-state index in [1.807, 2.05) is 19.9 Å². The van der Waals surface area contributed by atoms with Gasteiger partial charge in [0.25, 0.3) is 0 Å². The van der Waals surface area contributed by atoms with Gasteiger partial charge in [0, 0.05) is 18.2 Å². The maximum absolute atomic E-state index is 11.1. The molecule has 0 aliphatic carbocycles. The van der Waals surface area contributed by atoms with E-state index in [0.717, 1.165) is 12.0 Å². The fraction of sp³-hybridized carbons (Fsp3) is 0.357. The Morgan fingerprint density at radius 3 is 2.82 bits per heavy atom. The number of hydrogen-bond donors (Lipinski definition) is 2. The SMILES string of the molecule is C#CCC(CC)Nc1cc(C)ccc1C(=O)O. The van der Waals surface area contributed by atoms with Gasteiger partial charge in [-0.25, -0.2) is 4.79 Å². The van der Waals surface area contributed by atoms with Crippen molar-refractivity contribution in [3.63, 3.8) is 0 Å². The highest BCUT2D eigenvalue weighted by atomic mass is 16.4. The Morgan fingerprint density at radius 1 is 1.59 bits per heavy atom. The average molecular weight is 231 g/mol. The summed E-state index contributed by atoms with van der Waals surface area (Å²) in [6, 6.07) is 5.35. The molecule has 0 aliphatic heterocycles. The number of hydrogen-bond acceptors (Lipinski definition) is 2. The molecule has 1 rings (SSSR count). The van der Waals surface area contributed by atoms with Crippen LogP contribution in [0.2, 0.25) is 0 Å². The fourth-order valence-electron chi connectivity index (χ4n) is 1.62. The van der Waals surface area contributed by atoms with Crippen molar-refractivity contribution in [2.75, 3.05) is 5.32 Å². The van der Waals surface area contributed by atoms with Gasteiger partial charge in [-0.3, -0.25) is 0 Å². The zero-order chi connectivity index (χ0) is 12.8. The van der Waals surface area contributed by atoms with Crippen molar-refractivity contribution in [2.24, 2.45) is 0 Å². The number of carboxylic acid groups (broad SMARTS) is 1. The number of carboxylic acids is 1. The van der Waals surface area contributed by atoms with E-state index in [1.54, 1.807) is 12.1 Å². The lowest BCUT2D eigenvalue weighted by Gasteiger charge is -2.17. The van der Waals surface area contributed by atoms with Crippen LogP contribution in [0.4, 0.5) is 5.69 Å². The number of nitrogens with one attached hydrogen (secondary N) is 1. The van der Waals surface area contributed by atoms with Gasteiger partial charge >= 0.3 is 5.97 Å². The summed E-state index contributed by atoms with van der Waals surface area (Å²) in [5, 5.41) is 12.3. The Labute approximate surface area is 102 Å². The average Bonchev–Trinajstić information content (AvgIpc) is 2.28. The van der Waals surface area contributed by atoms with Crippen LogP contribution in [0.3, 0.4) is 0 Å². The first-order valence-electron chi connectivity index (χ1n) is 5.62. The third kappa shape index (κ3) is 3.53. The van der Waals surface area contributed by atoms with Gasteiger partial charge in [-0.05, 0) is 31.0 Å². The van der Waals surface area contributed by atoms with Crippen molar-refractivity contribution in [2.45, 2.75) is 32.7 Å². The summed E-state index contributed by atoms with van der Waals surface area (Å²) in [5.41, 5.74) is 1.94. The number of carbonyl (C=O) groups is 1. The van der Waals surface area contributed by atoms with Gasteiger partial charge in [-0.1, -0.05) is 13.0 Å². The summed E-state index contributed by atoms with van der Waals surface area (Å²) in [4.78, 5) is 11.1. The summed E-state index contributed by atoms with van der Waals surface area (Å²) in [7, 11) is 0. The predicted octanol–water partition coefficient (Wildman–Crippen LogP) is 2.91. The number of aromatic carboxylic acids is 1. The molecule has 3 heteroatoms. The zero-order valence-electron chi connectivity index (χ0n) is 10.2. The molecule has 0 amide bonds. The molecule has 1 aromatic rings. The van der Waals surface area contributed by atoms with Crippen molar-refractivity contribution >= 4 is 11.7 Å². The van der Waals surface area contributed by atoms with E-state index in [9.17, 15) is 4.79 Å². The molecular weight excluding hydrogens is 214 g/mol. The minimum Gasteiger partial charge on any atom is -0.478 e. The van der Waals surface area contributed by atoms with Crippen LogP contribution in [0.25, 0.3) is 0 Å². The molecule has 1 atom stereocenters. The third-order valence-corrected chi connectivity index (χ3v) is 2.62. The zero-order valence-corrected chi connectivity index (χ0v) is 10.2. The van der Waals surface area contributed by atoms with E-state index in [4.69, 9.17) is 11.5 Å². The van der Waals surface area contributed by atoms with Crippen LogP contribution in [0, 0.1) is 19.3 Å². The molecule has 17 heavy (non-hydrogen) atoms. The van der Waals surface area contributed by atoms with Crippen LogP contribution in [0.1, 0.15) is 35.7 Å². The summed E-state index contributed by atoms with van der Waals surface area (Å²) < 4.78 is 0. The first-order valence-corrected chi connectivity index (χ1v) is 5.62. The van der Waals surface area contributed by atoms with Crippen molar-refractivity contribution in [1.29, 1.82) is 0 Å². The van der Waals surface area contributed by atoms with Gasteiger partial charge in [0.1, 0.15) is 0 Å². The number of benzene rings is 1. The smallest absolute Gasteiger partial charge is 0.337 e. The minimum absolute atomic E-state index is 0.111. The lowest BCUT2D eigenvalue weighted by molar-refractivity contribution is 0.0698. The van der Waals surface area contributed by atoms with Gasteiger partial charge in [0.15, 0.2) is 0 Å². The van der Waals surface area contributed by atoms with E-state index in [-0.39, 0.29) is 11.6 Å². The molecule has 0 aromatic heterocycles. The maximum Gasteiger partial charge on any atom is 0.337 e. The monoisotopic (exact) mass is 231 g/mol. The molecule has 90 valence electrons. The Kier molecular flexibility index (Phi) is 4.59. The standard InChI is InChI=1S/C14H17NO2/c1-4-6-11(5-2)15-13-9-10(3)7-8-12(13)14(16)17/h1,7-9,11,15H,5-6H2,2-3H3,(H,16,17). The second-order valence-corrected chi connectivity index (χ2v) is 4.01. The van der Waals surface area contributed by atoms with Crippen molar-refractivity contribution in [3.8, 4) is 12.3 Å². The molecule has 0 heterocycles. The van der Waals surface area contributed by atoms with Crippen LogP contribution in [-0.4, -0.2) is 17.1 Å². The molecule has 0 saturated carbocycles. The van der Waals surface area contributed by atoms with Gasteiger partial charge in [-0.15, -0.1) is 12.3 Å². The Morgan fingerprint density at radius 2 is 2.29 bits per heavy atom. The van der Waals surface area contributed by atoms with Gasteiger partial charge in [0.05, 0.1) is 5.56 Å². The van der Waals surface area contributed by atoms with Crippen LogP contribution in [0.15, 0.2) is 18.2 Å². The van der Waals surface area contributed by atoms with E-state index >= 15 is 0 Å². The first-order chi connectivity index (χ1) is 8.08. The highest BCUT2D eigenvalue weighted by molar-refractivity contribution is 5.94. The van der Waals surface area contributed by atoms with Crippen molar-refractivity contribution in [1.82, 2.24) is 0 Å². The van der Waals surface area contributed by atoms with Gasteiger partial charge in [-0.2, -0.15) is 0 Å². The largest absolute Gasteiger partial charge is 0.478 e. The number of aryl methyl sites for hydroxylation is 1. The van der Waals surface area contributed by atoms with Crippen LogP contribution in [-0.2, 0) is 0 Å². The van der Waals surface area contributed by atoms with E-state index < -0.39 is 5.97 Å². The van der Waals surface area contributed by atoms with Crippen LogP contribution >= 0.6 is 0 Å². The maximum atomic E-state index is 11.1. The molecule has 1 unspecified atom stereocenters. The number of anilines is 1. The first kappa shape index (κ1) is 13.1. The topological polar surface area (TPSA) is 49.3 Å². The number of rotatable bonds is 5. The predicted molar refractivity (Wildman–Crippen MR) is 69.3 cm³/mol. The van der Waals surface area contributed by atoms with Crippen molar-refractivity contribution < 1.29 is 9.90 Å². The summed E-state index contributed by atoms with van der Waals surface area (Å²) >= 11 is 0. The van der Waals surface area contributed by atoms with Crippen LogP contribution < -0.4 is 5.32 Å². The van der Waals surface area contributed by atoms with Crippen molar-refractivity contribution in [3.05, 3.63) is 29.3 Å². The summed E-state index contributed by atoms with van der Waals surface area (Å²) in [5.74, 6) is 1.66. The van der Waals surface area contributed by atoms with E-state index in [2.05, 4.69) is 11.2 Å². The molecule has 0 radical (unpaired) electrons. The fourth-order valence-corrected chi connectivity index (χ4v) is 1.62. The Balaban J connectivity index is 2.99. The van der Waals surface area contributed by atoms with Gasteiger partial charge in [0.2, 0.25) is 0 Å².